The molecule has 10 aliphatic carbocycles. The minimum atomic E-state index is -0.858. The zero-order valence-corrected chi connectivity index (χ0v) is 62.6. The summed E-state index contributed by atoms with van der Waals surface area (Å²) >= 11 is 0. The van der Waals surface area contributed by atoms with E-state index in [0.29, 0.717) is 96.5 Å². The van der Waals surface area contributed by atoms with Crippen LogP contribution in [0, 0.1) is 41.4 Å². The van der Waals surface area contributed by atoms with Crippen LogP contribution in [0.25, 0.3) is 12.2 Å². The molecule has 12 rings (SSSR count). The summed E-state index contributed by atoms with van der Waals surface area (Å²) < 4.78 is 55.8. The lowest BCUT2D eigenvalue weighted by molar-refractivity contribution is -0.260. The number of esters is 4. The monoisotopic (exact) mass is 1360 g/mol. The molecular weight excluding hydrogens is 1240 g/mol. The lowest BCUT2D eigenvalue weighted by atomic mass is 9.47. The summed E-state index contributed by atoms with van der Waals surface area (Å²) in [5.74, 6) is 5.05. The van der Waals surface area contributed by atoms with E-state index in [1.165, 1.54) is 57.8 Å². The molecule has 548 valence electrons. The van der Waals surface area contributed by atoms with Crippen molar-refractivity contribution in [3.63, 3.8) is 0 Å². The van der Waals surface area contributed by atoms with Crippen LogP contribution in [0.5, 0.6) is 17.2 Å². The highest BCUT2D eigenvalue weighted by atomic mass is 16.7. The van der Waals surface area contributed by atoms with E-state index < -0.39 is 22.8 Å². The number of hydrogen-bond donors (Lipinski definition) is 2. The molecule has 2 aromatic rings. The van der Waals surface area contributed by atoms with E-state index >= 15 is 0 Å². The van der Waals surface area contributed by atoms with Gasteiger partial charge in [-0.1, -0.05) is 104 Å². The Labute approximate surface area is 588 Å². The quantitative estimate of drug-likeness (QED) is 0.0411. The molecule has 0 heterocycles. The average Bonchev–Trinajstić information content (AvgIpc) is 0.806. The van der Waals surface area contributed by atoms with Crippen LogP contribution in [-0.2, 0) is 52.3 Å². The highest BCUT2D eigenvalue weighted by Gasteiger charge is 2.65. The van der Waals surface area contributed by atoms with Gasteiger partial charge in [-0.25, -0.2) is 19.2 Å². The molecule has 5 unspecified atom stereocenters. The summed E-state index contributed by atoms with van der Waals surface area (Å²) in [6, 6.07) is 13.4. The topological polar surface area (TPSA) is 201 Å². The van der Waals surface area contributed by atoms with Gasteiger partial charge >= 0.3 is 23.9 Å². The maximum Gasteiger partial charge on any atom is 0.333 e. The summed E-state index contributed by atoms with van der Waals surface area (Å²) in [5, 5.41) is 21.0. The van der Waals surface area contributed by atoms with Crippen molar-refractivity contribution in [3.05, 3.63) is 115 Å². The van der Waals surface area contributed by atoms with E-state index in [9.17, 15) is 29.4 Å². The molecule has 5 atom stereocenters. The minimum Gasteiger partial charge on any atom is -0.465 e. The van der Waals surface area contributed by atoms with Crippen LogP contribution < -0.4 is 14.2 Å². The third kappa shape index (κ3) is 23.0. The van der Waals surface area contributed by atoms with Crippen LogP contribution in [-0.4, -0.2) is 106 Å². The van der Waals surface area contributed by atoms with Crippen molar-refractivity contribution in [1.29, 1.82) is 0 Å². The number of aliphatic hydroxyl groups is 2. The third-order valence-corrected chi connectivity index (χ3v) is 20.9. The highest BCUT2D eigenvalue weighted by molar-refractivity contribution is 5.88. The molecule has 10 saturated carbocycles. The zero-order valence-electron chi connectivity index (χ0n) is 62.6. The van der Waals surface area contributed by atoms with Crippen molar-refractivity contribution in [3.8, 4) is 17.2 Å². The number of rotatable bonds is 25. The fourth-order valence-electron chi connectivity index (χ4n) is 16.8. The maximum absolute atomic E-state index is 12.1. The molecule has 0 saturated heterocycles. The van der Waals surface area contributed by atoms with Gasteiger partial charge in [-0.3, -0.25) is 0 Å². The lowest BCUT2D eigenvalue weighted by Gasteiger charge is -2.62. The summed E-state index contributed by atoms with van der Waals surface area (Å²) in [5.41, 5.74) is 0.957. The Hall–Kier alpha value is -6.04. The second kappa shape index (κ2) is 37.0. The fourth-order valence-corrected chi connectivity index (χ4v) is 16.8. The van der Waals surface area contributed by atoms with Gasteiger partial charge in [0.05, 0.1) is 11.2 Å². The molecule has 0 spiro atoms. The standard InChI is InChI=1S/C17H26O2.C16H24O4.C14H20O4.C12H20O2.C12H16O2.C11H18O2/c1-10(2)16(18)19-17(11(3)4)14-6-12-5-13(8-14)9-15(17)7-12;1-6-14-9-10-15(19-12(4)17-7-2)16(11-14)20-13(5)18-8-3;1-9(2)11(15)18-14-5-10-3-12(16,7-14)6-13(17,4-10)8-14;1-9(2)11(13)14-12(10(3)4)7-5-6-8-12;1-4-11-6-8-12(9-7-11)14-10(3)13-5-2;1-4-11(7-5-6-8-11)13-10(12)9(2)3/h11-15H,1,5-9H2,2-4H3;6,9-13H,1,7-8H2,2-5H3;10,16-17H,1,3-8H2,2H3;10H,1,5-8H2,2-4H3;4,6-10H,1,5H2,2-3H3;2,4-8H2,1,3H3. The molecule has 16 nitrogen and oxygen atoms in total. The Morgan fingerprint density at radius 2 is 0.908 bits per heavy atom. The number of hydrogen-bond acceptors (Lipinski definition) is 16. The van der Waals surface area contributed by atoms with Crippen molar-refractivity contribution >= 4 is 36.0 Å². The summed E-state index contributed by atoms with van der Waals surface area (Å²) in [4.78, 5) is 46.7. The minimum absolute atomic E-state index is 0.171. The van der Waals surface area contributed by atoms with Gasteiger partial charge in [-0.05, 0) is 255 Å². The molecule has 98 heavy (non-hydrogen) atoms. The van der Waals surface area contributed by atoms with E-state index in [0.717, 1.165) is 80.1 Å². The predicted octanol–water partition coefficient (Wildman–Crippen LogP) is 18.1. The van der Waals surface area contributed by atoms with Crippen LogP contribution >= 0.6 is 0 Å². The van der Waals surface area contributed by atoms with Crippen molar-refractivity contribution in [1.82, 2.24) is 0 Å². The largest absolute Gasteiger partial charge is 0.465 e. The molecule has 8 bridgehead atoms. The van der Waals surface area contributed by atoms with Crippen LogP contribution in [0.2, 0.25) is 0 Å². The number of ether oxygens (including phenoxy) is 10. The first-order valence-electron chi connectivity index (χ1n) is 36.4. The van der Waals surface area contributed by atoms with Crippen LogP contribution in [0.15, 0.2) is 104 Å². The van der Waals surface area contributed by atoms with Gasteiger partial charge in [0.25, 0.3) is 0 Å². The molecular formula is C82H124O16. The van der Waals surface area contributed by atoms with Gasteiger partial charge in [0.15, 0.2) is 30.4 Å². The first-order valence-corrected chi connectivity index (χ1v) is 36.4. The van der Waals surface area contributed by atoms with E-state index in [1.807, 2.05) is 84.0 Å². The van der Waals surface area contributed by atoms with E-state index in [4.69, 9.17) is 47.4 Å². The van der Waals surface area contributed by atoms with Crippen LogP contribution in [0.4, 0.5) is 0 Å². The molecule has 16 heteroatoms. The predicted molar refractivity (Wildman–Crippen MR) is 388 cm³/mol. The van der Waals surface area contributed by atoms with Crippen molar-refractivity contribution in [2.45, 2.75) is 285 Å². The van der Waals surface area contributed by atoms with Gasteiger partial charge in [0.1, 0.15) is 28.2 Å². The maximum atomic E-state index is 12.1. The Morgan fingerprint density at radius 3 is 1.33 bits per heavy atom. The Bertz CT molecular complexity index is 2950. The van der Waals surface area contributed by atoms with Crippen molar-refractivity contribution < 1.29 is 76.8 Å². The van der Waals surface area contributed by atoms with Gasteiger partial charge in [0, 0.05) is 61.4 Å². The smallest absolute Gasteiger partial charge is 0.333 e. The number of benzene rings is 2. The Morgan fingerprint density at radius 1 is 0.490 bits per heavy atom. The van der Waals surface area contributed by atoms with Gasteiger partial charge < -0.3 is 57.6 Å². The molecule has 10 fully saturated rings. The molecule has 10 aliphatic rings. The van der Waals surface area contributed by atoms with E-state index in [2.05, 4.69) is 74.1 Å². The number of carbonyl (C=O) groups excluding carboxylic acids is 4. The molecule has 0 aliphatic heterocycles. The Kier molecular flexibility index (Phi) is 31.2. The van der Waals surface area contributed by atoms with Crippen molar-refractivity contribution in [2.24, 2.45) is 41.4 Å². The average molecular weight is 1370 g/mol. The number of carbonyl (C=O) groups is 4. The molecule has 0 radical (unpaired) electrons. The first kappa shape index (κ1) is 82.6. The summed E-state index contributed by atoms with van der Waals surface area (Å²) in [7, 11) is 0. The summed E-state index contributed by atoms with van der Waals surface area (Å²) in [6.07, 6.45) is 22.4. The molecule has 2 aromatic carbocycles. The fraction of sp³-hybridized carbons (Fsp3) is 0.659. The van der Waals surface area contributed by atoms with Gasteiger partial charge in [-0.2, -0.15) is 0 Å². The van der Waals surface area contributed by atoms with Crippen LogP contribution in [0.1, 0.15) is 243 Å². The van der Waals surface area contributed by atoms with E-state index in [-0.39, 0.29) is 59.5 Å². The molecule has 0 amide bonds. The van der Waals surface area contributed by atoms with Gasteiger partial charge in [0.2, 0.25) is 0 Å². The van der Waals surface area contributed by atoms with Crippen molar-refractivity contribution in [2.75, 3.05) is 19.8 Å². The second-order valence-corrected chi connectivity index (χ2v) is 29.9. The second-order valence-electron chi connectivity index (χ2n) is 29.9. The lowest BCUT2D eigenvalue weighted by Crippen LogP contribution is -2.66. The SMILES string of the molecule is C=C(C)C(=O)OC1(C(C)C)C2CC3CC(C2)CC1C3.C=C(C)C(=O)OC1(C(C)C)CCCC1.C=C(C)C(=O)OC1(CC)CCCC1.C=C(C)C(=O)OC12CC3CC(O)(CC(O)(C3)C1)C2.C=Cc1ccc(OC(C)OCC)c(OC(C)OCC)c1.C=Cc1ccc(OC(C)OCC)cc1. The molecule has 0 aromatic heterocycles. The zero-order chi connectivity index (χ0) is 73.0. The molecule has 2 N–H and O–H groups in total. The Balaban J connectivity index is 0.000000214. The highest BCUT2D eigenvalue weighted by Crippen LogP contribution is 2.63. The normalized spacial score (nSPS) is 27.4. The van der Waals surface area contributed by atoms with Crippen LogP contribution in [0.3, 0.4) is 0 Å². The van der Waals surface area contributed by atoms with Gasteiger partial charge in [-0.15, -0.1) is 0 Å². The first-order chi connectivity index (χ1) is 46.1. The summed E-state index contributed by atoms with van der Waals surface area (Å²) in [6.45, 7) is 52.8. The third-order valence-electron chi connectivity index (χ3n) is 20.9. The van der Waals surface area contributed by atoms with E-state index in [1.54, 1.807) is 39.8 Å².